The first-order valence-corrected chi connectivity index (χ1v) is 14.1. The van der Waals surface area contributed by atoms with Crippen LogP contribution in [0.15, 0.2) is 72.0 Å². The Kier molecular flexibility index (Phi) is 8.00. The van der Waals surface area contributed by atoms with Crippen LogP contribution in [-0.4, -0.2) is 29.2 Å². The Labute approximate surface area is 236 Å². The largest absolute Gasteiger partial charge is 0.478 e. The average molecular weight is 573 g/mol. The van der Waals surface area contributed by atoms with E-state index in [2.05, 4.69) is 17.1 Å². The van der Waals surface area contributed by atoms with Crippen molar-refractivity contribution < 1.29 is 27.9 Å². The molecule has 0 spiro atoms. The summed E-state index contributed by atoms with van der Waals surface area (Å²) in [6.07, 6.45) is 1.35. The lowest BCUT2D eigenvalue weighted by Crippen LogP contribution is -2.53. The SMILES string of the molecule is CC1c2ccccc2N([C@H](C(=O)NC2=CC=C(C(=O)O)CC2C(F)(F)F)C2CCCCC2)C1c1ccc(Cl)cc1. The number of halogens is 4. The van der Waals surface area contributed by atoms with Gasteiger partial charge in [-0.05, 0) is 60.6 Å². The molecule has 0 bridgehead atoms. The number of anilines is 1. The van der Waals surface area contributed by atoms with Gasteiger partial charge >= 0.3 is 12.1 Å². The zero-order valence-corrected chi connectivity index (χ0v) is 22.9. The molecular weight excluding hydrogens is 541 g/mol. The zero-order valence-electron chi connectivity index (χ0n) is 22.1. The zero-order chi connectivity index (χ0) is 28.6. The van der Waals surface area contributed by atoms with Crippen LogP contribution in [0.3, 0.4) is 0 Å². The van der Waals surface area contributed by atoms with E-state index >= 15 is 0 Å². The van der Waals surface area contributed by atoms with E-state index in [1.807, 2.05) is 48.5 Å². The molecule has 5 rings (SSSR count). The first-order chi connectivity index (χ1) is 19.1. The number of allylic oxidation sites excluding steroid dienone is 3. The Morgan fingerprint density at radius 2 is 1.70 bits per heavy atom. The number of hydrogen-bond acceptors (Lipinski definition) is 3. The van der Waals surface area contributed by atoms with E-state index in [0.717, 1.165) is 61.1 Å². The van der Waals surface area contributed by atoms with Gasteiger partial charge in [0, 0.05) is 27.9 Å². The molecule has 3 unspecified atom stereocenters. The minimum absolute atomic E-state index is 0.0224. The Bertz CT molecular complexity index is 1330. The van der Waals surface area contributed by atoms with Crippen LogP contribution in [0.25, 0.3) is 0 Å². The van der Waals surface area contributed by atoms with Gasteiger partial charge in [0.25, 0.3) is 0 Å². The van der Waals surface area contributed by atoms with Crippen molar-refractivity contribution in [3.8, 4) is 0 Å². The molecule has 2 aliphatic carbocycles. The molecule has 2 aromatic carbocycles. The van der Waals surface area contributed by atoms with E-state index in [0.29, 0.717) is 5.02 Å². The van der Waals surface area contributed by atoms with E-state index in [4.69, 9.17) is 11.6 Å². The van der Waals surface area contributed by atoms with Crippen molar-refractivity contribution in [3.63, 3.8) is 0 Å². The second kappa shape index (κ2) is 11.3. The molecule has 2 N–H and O–H groups in total. The van der Waals surface area contributed by atoms with Crippen LogP contribution in [0.1, 0.15) is 68.5 Å². The molecule has 2 aromatic rings. The molecule has 4 atom stereocenters. The van der Waals surface area contributed by atoms with Crippen molar-refractivity contribution in [2.75, 3.05) is 4.90 Å². The number of benzene rings is 2. The quantitative estimate of drug-likeness (QED) is 0.375. The number of nitrogens with zero attached hydrogens (tertiary/aromatic N) is 1. The van der Waals surface area contributed by atoms with E-state index in [1.165, 1.54) is 0 Å². The van der Waals surface area contributed by atoms with Crippen molar-refractivity contribution in [1.29, 1.82) is 0 Å². The summed E-state index contributed by atoms with van der Waals surface area (Å²) in [6.45, 7) is 2.11. The molecule has 1 fully saturated rings. The minimum Gasteiger partial charge on any atom is -0.478 e. The molecule has 0 aromatic heterocycles. The molecule has 1 amide bonds. The molecular formula is C31H32ClF3N2O3. The number of fused-ring (bicyclic) bond motifs is 1. The number of alkyl halides is 3. The second-order valence-corrected chi connectivity index (χ2v) is 11.4. The number of carbonyl (C=O) groups is 2. The number of amides is 1. The van der Waals surface area contributed by atoms with Crippen molar-refractivity contribution in [3.05, 3.63) is 88.1 Å². The third kappa shape index (κ3) is 5.51. The minimum atomic E-state index is -4.71. The fourth-order valence-electron chi connectivity index (χ4n) is 6.62. The molecule has 1 saturated carbocycles. The highest BCUT2D eigenvalue weighted by molar-refractivity contribution is 6.30. The van der Waals surface area contributed by atoms with Crippen molar-refractivity contribution >= 4 is 29.2 Å². The predicted octanol–water partition coefficient (Wildman–Crippen LogP) is 7.55. The fourth-order valence-corrected chi connectivity index (χ4v) is 6.74. The van der Waals surface area contributed by atoms with Crippen molar-refractivity contribution in [2.24, 2.45) is 11.8 Å². The average Bonchev–Trinajstić information content (AvgIpc) is 3.21. The normalized spacial score (nSPS) is 24.1. The topological polar surface area (TPSA) is 69.6 Å². The van der Waals surface area contributed by atoms with E-state index in [9.17, 15) is 27.9 Å². The summed E-state index contributed by atoms with van der Waals surface area (Å²) in [5.74, 6) is -4.03. The third-order valence-corrected chi connectivity index (χ3v) is 8.81. The van der Waals surface area contributed by atoms with E-state index in [-0.39, 0.29) is 29.1 Å². The fraction of sp³-hybridized carbons (Fsp3) is 0.419. The number of carbonyl (C=O) groups excluding carboxylic acids is 1. The Hall–Kier alpha value is -3.26. The van der Waals surface area contributed by atoms with E-state index in [1.54, 1.807) is 0 Å². The number of nitrogens with one attached hydrogen (secondary N) is 1. The summed E-state index contributed by atoms with van der Waals surface area (Å²) >= 11 is 6.19. The summed E-state index contributed by atoms with van der Waals surface area (Å²) in [7, 11) is 0. The van der Waals surface area contributed by atoms with Crippen LogP contribution in [0.2, 0.25) is 5.02 Å². The molecule has 0 radical (unpaired) electrons. The lowest BCUT2D eigenvalue weighted by Gasteiger charge is -2.42. The van der Waals surface area contributed by atoms with Gasteiger partial charge in [-0.15, -0.1) is 0 Å². The standard InChI is InChI=1S/C31H32ClF3N2O3/c1-18-23-9-5-6-10-26(23)37(27(18)20-11-14-22(32)15-12-20)28(19-7-3-2-4-8-19)29(38)36-25-16-13-21(30(39)40)17-24(25)31(33,34)35/h5-6,9-16,18-19,24,27-28H,2-4,7-8,17H2,1H3,(H,36,38)(H,39,40)/t18?,24?,27?,28-/m0/s1. The highest BCUT2D eigenvalue weighted by Gasteiger charge is 2.48. The predicted molar refractivity (Wildman–Crippen MR) is 148 cm³/mol. The highest BCUT2D eigenvalue weighted by Crippen LogP contribution is 2.51. The first-order valence-electron chi connectivity index (χ1n) is 13.7. The van der Waals surface area contributed by atoms with Crippen molar-refractivity contribution in [2.45, 2.75) is 69.6 Å². The first kappa shape index (κ1) is 28.3. The number of carboxylic acids is 1. The van der Waals surface area contributed by atoms with Crippen LogP contribution in [0.4, 0.5) is 18.9 Å². The van der Waals surface area contributed by atoms with E-state index < -0.39 is 36.4 Å². The molecule has 9 heteroatoms. The monoisotopic (exact) mass is 572 g/mol. The van der Waals surface area contributed by atoms with Gasteiger partial charge < -0.3 is 15.3 Å². The van der Waals surface area contributed by atoms with Gasteiger partial charge in [0.15, 0.2) is 0 Å². The van der Waals surface area contributed by atoms with Crippen molar-refractivity contribution in [1.82, 2.24) is 5.32 Å². The maximum Gasteiger partial charge on any atom is 0.397 e. The van der Waals surface area contributed by atoms with Crippen LogP contribution in [-0.2, 0) is 9.59 Å². The molecule has 1 aliphatic heterocycles. The summed E-state index contributed by atoms with van der Waals surface area (Å²) in [5.41, 5.74) is 2.30. The lowest BCUT2D eigenvalue weighted by atomic mass is 9.81. The summed E-state index contributed by atoms with van der Waals surface area (Å²) in [6, 6.07) is 14.5. The van der Waals surface area contributed by atoms with Gasteiger partial charge in [0.05, 0.1) is 12.0 Å². The van der Waals surface area contributed by atoms with Gasteiger partial charge in [-0.25, -0.2) is 4.79 Å². The number of rotatable bonds is 6. The summed E-state index contributed by atoms with van der Waals surface area (Å²) in [4.78, 5) is 27.7. The van der Waals surface area contributed by atoms with Gasteiger partial charge in [-0.2, -0.15) is 13.2 Å². The Morgan fingerprint density at radius 1 is 1.02 bits per heavy atom. The van der Waals surface area contributed by atoms with Gasteiger partial charge in [0.1, 0.15) is 6.04 Å². The molecule has 1 heterocycles. The number of carboxylic acid groups (broad SMARTS) is 1. The summed E-state index contributed by atoms with van der Waals surface area (Å²) < 4.78 is 42.2. The second-order valence-electron chi connectivity index (χ2n) is 11.0. The molecule has 40 heavy (non-hydrogen) atoms. The highest BCUT2D eigenvalue weighted by atomic mass is 35.5. The van der Waals surface area contributed by atoms with Crippen LogP contribution in [0.5, 0.6) is 0 Å². The molecule has 3 aliphatic rings. The van der Waals surface area contributed by atoms with Gasteiger partial charge in [0.2, 0.25) is 5.91 Å². The van der Waals surface area contributed by atoms with Gasteiger partial charge in [-0.1, -0.05) is 74.2 Å². The summed E-state index contributed by atoms with van der Waals surface area (Å²) in [5, 5.41) is 12.5. The maximum atomic E-state index is 14.2. The molecule has 212 valence electrons. The third-order valence-electron chi connectivity index (χ3n) is 8.56. The smallest absolute Gasteiger partial charge is 0.397 e. The van der Waals surface area contributed by atoms with Crippen LogP contribution < -0.4 is 10.2 Å². The Balaban J connectivity index is 1.57. The Morgan fingerprint density at radius 3 is 2.35 bits per heavy atom. The number of aliphatic carboxylic acids is 1. The lowest BCUT2D eigenvalue weighted by molar-refractivity contribution is -0.166. The van der Waals surface area contributed by atoms with Crippen LogP contribution in [0, 0.1) is 11.8 Å². The number of para-hydroxylation sites is 1. The van der Waals surface area contributed by atoms with Gasteiger partial charge in [-0.3, -0.25) is 4.79 Å². The molecule has 5 nitrogen and oxygen atoms in total. The number of hydrogen-bond donors (Lipinski definition) is 2. The maximum absolute atomic E-state index is 14.2. The van der Waals surface area contributed by atoms with Crippen LogP contribution >= 0.6 is 11.6 Å². The molecule has 0 saturated heterocycles.